The van der Waals surface area contributed by atoms with E-state index < -0.39 is 18.8 Å². The lowest BCUT2D eigenvalue weighted by Crippen LogP contribution is -2.19. The highest BCUT2D eigenvalue weighted by Gasteiger charge is 2.27. The fourth-order valence-corrected chi connectivity index (χ4v) is 1.96. The molecule has 0 saturated carbocycles. The summed E-state index contributed by atoms with van der Waals surface area (Å²) in [4.78, 5) is 15.6. The Hall–Kier alpha value is -2.35. The number of nitrogens with zero attached hydrogens (tertiary/aromatic N) is 2. The summed E-state index contributed by atoms with van der Waals surface area (Å²) in [6, 6.07) is 9.70. The van der Waals surface area contributed by atoms with Crippen LogP contribution in [0.2, 0.25) is 0 Å². The molecule has 8 heteroatoms. The number of alkyl halides is 3. The van der Waals surface area contributed by atoms with Gasteiger partial charge in [0, 0.05) is 18.9 Å². The van der Waals surface area contributed by atoms with Crippen molar-refractivity contribution in [2.75, 3.05) is 13.2 Å². The van der Waals surface area contributed by atoms with Crippen LogP contribution in [0.25, 0.3) is 0 Å². The van der Waals surface area contributed by atoms with Crippen LogP contribution in [0.5, 0.6) is 0 Å². The lowest BCUT2D eigenvalue weighted by atomic mass is 10.2. The number of carbonyl (C=O) groups is 1. The van der Waals surface area contributed by atoms with Crippen LogP contribution in [-0.4, -0.2) is 34.9 Å². The van der Waals surface area contributed by atoms with Gasteiger partial charge in [-0.15, -0.1) is 0 Å². The van der Waals surface area contributed by atoms with E-state index in [2.05, 4.69) is 9.72 Å². The highest BCUT2D eigenvalue weighted by molar-refractivity contribution is 5.69. The van der Waals surface area contributed by atoms with Crippen LogP contribution in [0.3, 0.4) is 0 Å². The van der Waals surface area contributed by atoms with E-state index in [0.717, 1.165) is 5.56 Å². The Balaban J connectivity index is 1.74. The molecule has 24 heavy (non-hydrogen) atoms. The lowest BCUT2D eigenvalue weighted by molar-refractivity contribution is -0.176. The molecule has 0 fully saturated rings. The molecule has 2 rings (SSSR count). The minimum Gasteiger partial charge on any atom is -0.457 e. The van der Waals surface area contributed by atoms with Crippen molar-refractivity contribution in [1.82, 2.24) is 9.55 Å². The summed E-state index contributed by atoms with van der Waals surface area (Å²) in [5, 5.41) is 0. The molecule has 5 nitrogen and oxygen atoms in total. The fourth-order valence-electron chi connectivity index (χ4n) is 1.96. The molecule has 0 radical (unpaired) electrons. The van der Waals surface area contributed by atoms with Gasteiger partial charge in [-0.3, -0.25) is 4.79 Å². The van der Waals surface area contributed by atoms with Gasteiger partial charge in [-0.1, -0.05) is 30.3 Å². The molecule has 0 aliphatic rings. The van der Waals surface area contributed by atoms with Gasteiger partial charge in [-0.25, -0.2) is 4.98 Å². The number of aromatic nitrogens is 2. The molecule has 0 N–H and O–H groups in total. The summed E-state index contributed by atoms with van der Waals surface area (Å²) in [5.41, 5.74) is 1.07. The Kier molecular flexibility index (Phi) is 6.36. The molecule has 0 bridgehead atoms. The molecular weight excluding hydrogens is 325 g/mol. The first kappa shape index (κ1) is 18.0. The van der Waals surface area contributed by atoms with Crippen molar-refractivity contribution in [3.8, 4) is 0 Å². The number of hydrogen-bond donors (Lipinski definition) is 0. The minimum atomic E-state index is -4.40. The monoisotopic (exact) mass is 342 g/mol. The molecule has 1 aromatic heterocycles. The van der Waals surface area contributed by atoms with Gasteiger partial charge in [-0.05, 0) is 5.56 Å². The fraction of sp³-hybridized carbons (Fsp3) is 0.375. The molecule has 0 unspecified atom stereocenters. The number of halogens is 3. The van der Waals surface area contributed by atoms with Gasteiger partial charge in [0.1, 0.15) is 19.0 Å². The first-order chi connectivity index (χ1) is 11.4. The molecule has 2 aromatic rings. The SMILES string of the molecule is O=C(CCOCC(F)(F)F)OCc1nccn1Cc1ccccc1. The highest BCUT2D eigenvalue weighted by Crippen LogP contribution is 2.14. The summed E-state index contributed by atoms with van der Waals surface area (Å²) < 4.78 is 46.9. The third-order valence-electron chi connectivity index (χ3n) is 3.08. The smallest absolute Gasteiger partial charge is 0.411 e. The van der Waals surface area contributed by atoms with Crippen molar-refractivity contribution in [2.45, 2.75) is 25.7 Å². The Labute approximate surface area is 137 Å². The Morgan fingerprint density at radius 3 is 2.67 bits per heavy atom. The van der Waals surface area contributed by atoms with E-state index in [1.165, 1.54) is 0 Å². The largest absolute Gasteiger partial charge is 0.457 e. The van der Waals surface area contributed by atoms with Gasteiger partial charge in [0.2, 0.25) is 0 Å². The van der Waals surface area contributed by atoms with Crippen LogP contribution < -0.4 is 0 Å². The maximum atomic E-state index is 11.9. The predicted octanol–water partition coefficient (Wildman–Crippen LogP) is 2.94. The number of hydrogen-bond acceptors (Lipinski definition) is 4. The highest BCUT2D eigenvalue weighted by atomic mass is 19.4. The molecule has 0 atom stereocenters. The van der Waals surface area contributed by atoms with E-state index in [1.807, 2.05) is 34.9 Å². The van der Waals surface area contributed by atoms with Crippen LogP contribution in [0.1, 0.15) is 17.8 Å². The maximum Gasteiger partial charge on any atom is 0.411 e. The zero-order valence-electron chi connectivity index (χ0n) is 12.8. The number of ether oxygens (including phenoxy) is 2. The van der Waals surface area contributed by atoms with Gasteiger partial charge in [0.05, 0.1) is 13.0 Å². The van der Waals surface area contributed by atoms with Crippen LogP contribution in [0, 0.1) is 0 Å². The number of rotatable bonds is 8. The average Bonchev–Trinajstić information content (AvgIpc) is 2.97. The molecule has 0 spiro atoms. The van der Waals surface area contributed by atoms with E-state index in [0.29, 0.717) is 12.4 Å². The molecular formula is C16H17F3N2O3. The zero-order chi connectivity index (χ0) is 17.4. The quantitative estimate of drug-likeness (QED) is 0.547. The standard InChI is InChI=1S/C16H17F3N2O3/c17-16(18,19)12-23-9-6-15(22)24-11-14-20-7-8-21(14)10-13-4-2-1-3-5-13/h1-5,7-8H,6,9-12H2. The molecule has 0 saturated heterocycles. The zero-order valence-corrected chi connectivity index (χ0v) is 12.8. The Morgan fingerprint density at radius 1 is 1.21 bits per heavy atom. The van der Waals surface area contributed by atoms with E-state index in [4.69, 9.17) is 4.74 Å². The topological polar surface area (TPSA) is 53.4 Å². The van der Waals surface area contributed by atoms with Gasteiger partial charge in [0.25, 0.3) is 0 Å². The Morgan fingerprint density at radius 2 is 1.96 bits per heavy atom. The van der Waals surface area contributed by atoms with Crippen molar-refractivity contribution in [1.29, 1.82) is 0 Å². The van der Waals surface area contributed by atoms with Gasteiger partial charge >= 0.3 is 12.1 Å². The van der Waals surface area contributed by atoms with E-state index in [1.54, 1.807) is 12.4 Å². The van der Waals surface area contributed by atoms with E-state index in [9.17, 15) is 18.0 Å². The molecule has 0 aliphatic carbocycles. The lowest BCUT2D eigenvalue weighted by Gasteiger charge is -2.09. The van der Waals surface area contributed by atoms with Gasteiger partial charge in [-0.2, -0.15) is 13.2 Å². The number of esters is 1. The summed E-state index contributed by atoms with van der Waals surface area (Å²) >= 11 is 0. The molecule has 0 aliphatic heterocycles. The second-order valence-electron chi connectivity index (χ2n) is 5.04. The maximum absolute atomic E-state index is 11.9. The van der Waals surface area contributed by atoms with Gasteiger partial charge < -0.3 is 14.0 Å². The molecule has 130 valence electrons. The molecule has 1 aromatic carbocycles. The first-order valence-electron chi connectivity index (χ1n) is 7.28. The number of imidazole rings is 1. The molecule has 0 amide bonds. The number of carbonyl (C=O) groups excluding carboxylic acids is 1. The molecule has 1 heterocycles. The first-order valence-corrected chi connectivity index (χ1v) is 7.28. The predicted molar refractivity (Wildman–Crippen MR) is 79.1 cm³/mol. The van der Waals surface area contributed by atoms with E-state index in [-0.39, 0.29) is 19.6 Å². The minimum absolute atomic E-state index is 0.0437. The van der Waals surface area contributed by atoms with Crippen LogP contribution >= 0.6 is 0 Å². The normalized spacial score (nSPS) is 11.5. The van der Waals surface area contributed by atoms with Crippen LogP contribution in [0.4, 0.5) is 13.2 Å². The van der Waals surface area contributed by atoms with Gasteiger partial charge in [0.15, 0.2) is 0 Å². The van der Waals surface area contributed by atoms with Crippen molar-refractivity contribution in [2.24, 2.45) is 0 Å². The second kappa shape index (κ2) is 8.49. The summed E-state index contributed by atoms with van der Waals surface area (Å²) in [6.45, 7) is -1.17. The van der Waals surface area contributed by atoms with Crippen molar-refractivity contribution >= 4 is 5.97 Å². The third-order valence-corrected chi connectivity index (χ3v) is 3.08. The van der Waals surface area contributed by atoms with Crippen molar-refractivity contribution in [3.63, 3.8) is 0 Å². The summed E-state index contributed by atoms with van der Waals surface area (Å²) in [7, 11) is 0. The summed E-state index contributed by atoms with van der Waals surface area (Å²) in [5.74, 6) is -0.0742. The Bertz CT molecular complexity index is 642. The van der Waals surface area contributed by atoms with Crippen LogP contribution in [-0.2, 0) is 27.4 Å². The average molecular weight is 342 g/mol. The second-order valence-corrected chi connectivity index (χ2v) is 5.04. The third kappa shape index (κ3) is 6.41. The number of benzene rings is 1. The van der Waals surface area contributed by atoms with Crippen molar-refractivity contribution in [3.05, 3.63) is 54.1 Å². The van der Waals surface area contributed by atoms with E-state index >= 15 is 0 Å². The summed E-state index contributed by atoms with van der Waals surface area (Å²) in [6.07, 6.45) is -1.28. The van der Waals surface area contributed by atoms with Crippen LogP contribution in [0.15, 0.2) is 42.7 Å². The van der Waals surface area contributed by atoms with Crippen molar-refractivity contribution < 1.29 is 27.4 Å².